The van der Waals surface area contributed by atoms with E-state index in [0.29, 0.717) is 6.42 Å². The summed E-state index contributed by atoms with van der Waals surface area (Å²) in [5, 5.41) is 2.84. The van der Waals surface area contributed by atoms with Crippen LogP contribution in [0, 0.1) is 0 Å². The van der Waals surface area contributed by atoms with Crippen molar-refractivity contribution in [2.45, 2.75) is 25.6 Å². The van der Waals surface area contributed by atoms with Crippen LogP contribution in [0.1, 0.15) is 13.3 Å². The first-order valence-electron chi connectivity index (χ1n) is 3.87. The van der Waals surface area contributed by atoms with Gasteiger partial charge in [-0.1, -0.05) is 0 Å². The highest BCUT2D eigenvalue weighted by Crippen LogP contribution is 2.02. The van der Waals surface area contributed by atoms with Gasteiger partial charge in [0, 0.05) is 18.7 Å². The second kappa shape index (κ2) is 4.02. The summed E-state index contributed by atoms with van der Waals surface area (Å²) in [4.78, 5) is 14.9. The Balaban J connectivity index is 2.41. The molecule has 5 heteroatoms. The lowest BCUT2D eigenvalue weighted by molar-refractivity contribution is -0.111. The number of carbonyl (C=O) groups is 1. The zero-order chi connectivity index (χ0) is 9.14. The summed E-state index contributed by atoms with van der Waals surface area (Å²) in [5.41, 5.74) is 6.46. The first-order chi connectivity index (χ1) is 5.59. The van der Waals surface area contributed by atoms with Crippen molar-refractivity contribution in [2.75, 3.05) is 6.54 Å². The van der Waals surface area contributed by atoms with Crippen molar-refractivity contribution in [2.24, 2.45) is 10.7 Å². The summed E-state index contributed by atoms with van der Waals surface area (Å²) in [7, 11) is 0. The normalized spacial score (nSPS) is 25.2. The quantitative estimate of drug-likeness (QED) is 0.524. The second-order valence-corrected chi connectivity index (χ2v) is 3.34. The minimum atomic E-state index is -0.515. The number of nitrogens with one attached hydrogen (secondary N) is 1. The molecule has 12 heavy (non-hydrogen) atoms. The van der Waals surface area contributed by atoms with Crippen LogP contribution in [0.4, 0.5) is 0 Å². The van der Waals surface area contributed by atoms with E-state index in [4.69, 9.17) is 5.73 Å². The molecule has 0 aromatic rings. The van der Waals surface area contributed by atoms with E-state index in [9.17, 15) is 4.79 Å². The molecule has 1 aliphatic rings. The first kappa shape index (κ1) is 9.70. The van der Waals surface area contributed by atoms with Gasteiger partial charge in [0.05, 0.1) is 12.2 Å². The Bertz CT molecular complexity index is 217. The van der Waals surface area contributed by atoms with Gasteiger partial charge in [-0.25, -0.2) is 0 Å². The third kappa shape index (κ3) is 2.58. The molecule has 2 unspecified atom stereocenters. The minimum absolute atomic E-state index is 0.155. The Morgan fingerprint density at radius 3 is 3.08 bits per heavy atom. The van der Waals surface area contributed by atoms with Gasteiger partial charge in [-0.2, -0.15) is 0 Å². The molecule has 0 aromatic carbocycles. The maximum atomic E-state index is 10.7. The maximum absolute atomic E-state index is 10.7. The Morgan fingerprint density at radius 2 is 2.67 bits per heavy atom. The average Bonchev–Trinajstić information content (AvgIpc) is 2.35. The smallest absolute Gasteiger partial charge is 0.202 e. The van der Waals surface area contributed by atoms with E-state index < -0.39 is 6.04 Å². The summed E-state index contributed by atoms with van der Waals surface area (Å²) in [5.74, 6) is 0. The summed E-state index contributed by atoms with van der Waals surface area (Å²) in [6.45, 7) is 2.69. The van der Waals surface area contributed by atoms with Crippen molar-refractivity contribution in [3.05, 3.63) is 0 Å². The van der Waals surface area contributed by atoms with E-state index in [2.05, 4.69) is 22.9 Å². The lowest BCUT2D eigenvalue weighted by Gasteiger charge is -2.04. The van der Waals surface area contributed by atoms with Crippen molar-refractivity contribution in [1.29, 1.82) is 0 Å². The van der Waals surface area contributed by atoms with Crippen LogP contribution < -0.4 is 11.1 Å². The molecule has 68 valence electrons. The van der Waals surface area contributed by atoms with Gasteiger partial charge in [-0.3, -0.25) is 15.1 Å². The Morgan fingerprint density at radius 1 is 2.00 bits per heavy atom. The average molecular weight is 187 g/mol. The van der Waals surface area contributed by atoms with Crippen molar-refractivity contribution in [3.63, 3.8) is 0 Å². The van der Waals surface area contributed by atoms with Crippen LogP contribution in [0.2, 0.25) is 0 Å². The van der Waals surface area contributed by atoms with Gasteiger partial charge in [-0.15, -0.1) is 12.6 Å². The van der Waals surface area contributed by atoms with Gasteiger partial charge in [0.1, 0.15) is 0 Å². The van der Waals surface area contributed by atoms with Crippen LogP contribution in [0.5, 0.6) is 0 Å². The number of nitrogens with two attached hydrogens (primary N) is 1. The predicted octanol–water partition coefficient (Wildman–Crippen LogP) is -0.450. The van der Waals surface area contributed by atoms with Crippen LogP contribution in [-0.2, 0) is 4.79 Å². The lowest BCUT2D eigenvalue weighted by Crippen LogP contribution is -2.31. The van der Waals surface area contributed by atoms with Crippen molar-refractivity contribution >= 4 is 23.5 Å². The Kier molecular flexibility index (Phi) is 3.25. The summed E-state index contributed by atoms with van der Waals surface area (Å²) < 4.78 is 0. The molecule has 0 radical (unpaired) electrons. The molecular formula is C7H13N3OS. The van der Waals surface area contributed by atoms with Crippen LogP contribution in [0.3, 0.4) is 0 Å². The summed E-state index contributed by atoms with van der Waals surface area (Å²) in [6.07, 6.45) is 0.668. The number of hydrogen-bond acceptors (Lipinski definition) is 4. The fourth-order valence-electron chi connectivity index (χ4n) is 1.10. The molecule has 1 heterocycles. The van der Waals surface area contributed by atoms with Crippen LogP contribution in [-0.4, -0.2) is 29.6 Å². The van der Waals surface area contributed by atoms with E-state index in [1.54, 1.807) is 0 Å². The van der Waals surface area contributed by atoms with Crippen molar-refractivity contribution < 1.29 is 4.79 Å². The van der Waals surface area contributed by atoms with Gasteiger partial charge >= 0.3 is 0 Å². The number of thiol groups is 1. The van der Waals surface area contributed by atoms with Gasteiger partial charge in [0.15, 0.2) is 0 Å². The van der Waals surface area contributed by atoms with Gasteiger partial charge in [0.2, 0.25) is 5.12 Å². The highest BCUT2D eigenvalue weighted by atomic mass is 32.1. The highest BCUT2D eigenvalue weighted by molar-refractivity contribution is 7.96. The SMILES string of the molecule is CC1N=C(CC(N)C(=O)S)CN1. The molecule has 0 amide bonds. The predicted molar refractivity (Wildman–Crippen MR) is 51.5 cm³/mol. The van der Waals surface area contributed by atoms with Crippen LogP contribution >= 0.6 is 12.6 Å². The fraction of sp³-hybridized carbons (Fsp3) is 0.714. The summed E-state index contributed by atoms with van der Waals surface area (Å²) >= 11 is 3.65. The number of hydrogen-bond donors (Lipinski definition) is 3. The molecule has 2 atom stereocenters. The lowest BCUT2D eigenvalue weighted by atomic mass is 10.1. The third-order valence-corrected chi connectivity index (χ3v) is 2.08. The van der Waals surface area contributed by atoms with Crippen molar-refractivity contribution in [1.82, 2.24) is 5.32 Å². The highest BCUT2D eigenvalue weighted by Gasteiger charge is 2.17. The second-order valence-electron chi connectivity index (χ2n) is 2.90. The van der Waals surface area contributed by atoms with Crippen molar-refractivity contribution in [3.8, 4) is 0 Å². The zero-order valence-electron chi connectivity index (χ0n) is 6.95. The number of nitrogens with zero attached hydrogens (tertiary/aromatic N) is 1. The van der Waals surface area contributed by atoms with E-state index >= 15 is 0 Å². The molecule has 4 nitrogen and oxygen atoms in total. The molecule has 0 saturated carbocycles. The molecule has 1 aliphatic heterocycles. The molecule has 0 saturated heterocycles. The Hall–Kier alpha value is -0.390. The topological polar surface area (TPSA) is 67.5 Å². The van der Waals surface area contributed by atoms with E-state index in [1.807, 2.05) is 6.92 Å². The number of aliphatic imine (C=N–C) groups is 1. The van der Waals surface area contributed by atoms with Gasteiger partial charge in [0.25, 0.3) is 0 Å². The Labute approximate surface area is 77.0 Å². The molecule has 0 aliphatic carbocycles. The van der Waals surface area contributed by atoms with E-state index in [0.717, 1.165) is 12.3 Å². The molecule has 0 aromatic heterocycles. The fourth-order valence-corrected chi connectivity index (χ4v) is 1.19. The van der Waals surface area contributed by atoms with E-state index in [-0.39, 0.29) is 11.3 Å². The standard InChI is InChI=1S/C7H13N3OS/c1-4-9-3-5(10-4)2-6(8)7(11)12/h4,6,9H,2-3,8H2,1H3,(H,11,12). The molecule has 0 spiro atoms. The summed E-state index contributed by atoms with van der Waals surface area (Å²) in [6, 6.07) is -0.515. The molecular weight excluding hydrogens is 174 g/mol. The molecule has 0 fully saturated rings. The maximum Gasteiger partial charge on any atom is 0.202 e. The van der Waals surface area contributed by atoms with Crippen LogP contribution in [0.25, 0.3) is 0 Å². The van der Waals surface area contributed by atoms with Gasteiger partial charge in [-0.05, 0) is 6.92 Å². The minimum Gasteiger partial charge on any atom is -0.320 e. The third-order valence-electron chi connectivity index (χ3n) is 1.75. The number of rotatable bonds is 3. The van der Waals surface area contributed by atoms with E-state index in [1.165, 1.54) is 0 Å². The monoisotopic (exact) mass is 187 g/mol. The van der Waals surface area contributed by atoms with Gasteiger partial charge < -0.3 is 5.73 Å². The number of carbonyl (C=O) groups excluding carboxylic acids is 1. The molecule has 0 bridgehead atoms. The molecule has 3 N–H and O–H groups in total. The first-order valence-corrected chi connectivity index (χ1v) is 4.31. The zero-order valence-corrected chi connectivity index (χ0v) is 7.84. The molecule has 1 rings (SSSR count). The largest absolute Gasteiger partial charge is 0.320 e. The van der Waals surface area contributed by atoms with Crippen LogP contribution in [0.15, 0.2) is 4.99 Å².